The molecule has 6 nitrogen and oxygen atoms in total. The molecule has 0 fully saturated rings. The molecule has 4 aromatic rings. The van der Waals surface area contributed by atoms with E-state index in [9.17, 15) is 9.90 Å². The average Bonchev–Trinajstić information content (AvgIpc) is 2.69. The Morgan fingerprint density at radius 1 is 1.00 bits per heavy atom. The predicted octanol–water partition coefficient (Wildman–Crippen LogP) is 5.06. The molecule has 1 heterocycles. The van der Waals surface area contributed by atoms with Gasteiger partial charge >= 0.3 is 5.97 Å². The maximum Gasteiger partial charge on any atom is 0.347 e. The first-order valence-electron chi connectivity index (χ1n) is 8.38. The molecule has 0 radical (unpaired) electrons. The Morgan fingerprint density at radius 3 is 2.61 bits per heavy atom. The fraction of sp³-hybridized carbons (Fsp3) is 0. The van der Waals surface area contributed by atoms with Crippen molar-refractivity contribution in [3.05, 3.63) is 83.1 Å². The van der Waals surface area contributed by atoms with E-state index in [-0.39, 0.29) is 11.3 Å². The summed E-state index contributed by atoms with van der Waals surface area (Å²) >= 11 is 3.44. The number of nitrogens with zero attached hydrogens (tertiary/aromatic N) is 2. The minimum absolute atomic E-state index is 0.0738. The topological polar surface area (TPSA) is 84.3 Å². The van der Waals surface area contributed by atoms with Crippen molar-refractivity contribution in [2.45, 2.75) is 0 Å². The van der Waals surface area contributed by atoms with Crippen molar-refractivity contribution >= 4 is 44.3 Å². The Labute approximate surface area is 169 Å². The van der Waals surface area contributed by atoms with E-state index in [0.717, 1.165) is 15.4 Å². The highest BCUT2D eigenvalue weighted by atomic mass is 79.9. The van der Waals surface area contributed by atoms with E-state index in [2.05, 4.69) is 31.2 Å². The van der Waals surface area contributed by atoms with Gasteiger partial charge in [0.1, 0.15) is 29.2 Å². The third-order valence-electron chi connectivity index (χ3n) is 4.03. The number of carbonyl (C=O) groups excluding carboxylic acids is 1. The molecule has 0 aliphatic heterocycles. The number of anilines is 2. The number of rotatable bonds is 4. The number of phenolic OH excluding ortho intramolecular Hbond substituents is 1. The average molecular weight is 436 g/mol. The van der Waals surface area contributed by atoms with Crippen LogP contribution in [0.5, 0.6) is 11.5 Å². The zero-order valence-electron chi connectivity index (χ0n) is 14.5. The number of benzene rings is 3. The van der Waals surface area contributed by atoms with Crippen LogP contribution in [0.2, 0.25) is 0 Å². The molecule has 3 aromatic carbocycles. The second-order valence-corrected chi connectivity index (χ2v) is 6.86. The van der Waals surface area contributed by atoms with Gasteiger partial charge in [0.2, 0.25) is 0 Å². The van der Waals surface area contributed by atoms with Crippen molar-refractivity contribution < 1.29 is 14.6 Å². The second-order valence-electron chi connectivity index (χ2n) is 5.94. The number of aromatic nitrogens is 2. The van der Waals surface area contributed by atoms with Crippen molar-refractivity contribution in [3.63, 3.8) is 0 Å². The number of phenols is 1. The third kappa shape index (κ3) is 3.79. The summed E-state index contributed by atoms with van der Waals surface area (Å²) in [7, 11) is 0. The van der Waals surface area contributed by atoms with Gasteiger partial charge in [0, 0.05) is 21.6 Å². The van der Waals surface area contributed by atoms with Gasteiger partial charge in [-0.25, -0.2) is 14.8 Å². The summed E-state index contributed by atoms with van der Waals surface area (Å²) in [6, 6.07) is 19.0. The van der Waals surface area contributed by atoms with Gasteiger partial charge < -0.3 is 15.2 Å². The largest absolute Gasteiger partial charge is 0.507 e. The molecule has 0 atom stereocenters. The summed E-state index contributed by atoms with van der Waals surface area (Å²) in [5.74, 6) is 0.176. The van der Waals surface area contributed by atoms with E-state index in [1.54, 1.807) is 30.3 Å². The highest BCUT2D eigenvalue weighted by Crippen LogP contribution is 2.29. The van der Waals surface area contributed by atoms with Gasteiger partial charge in [-0.1, -0.05) is 34.1 Å². The molecule has 7 heteroatoms. The van der Waals surface area contributed by atoms with Crippen LogP contribution in [0.1, 0.15) is 10.4 Å². The highest BCUT2D eigenvalue weighted by molar-refractivity contribution is 9.10. The van der Waals surface area contributed by atoms with Crippen molar-refractivity contribution in [3.8, 4) is 11.5 Å². The molecule has 4 rings (SSSR count). The number of hydrogen-bond donors (Lipinski definition) is 2. The monoisotopic (exact) mass is 435 g/mol. The molecular weight excluding hydrogens is 422 g/mol. The lowest BCUT2D eigenvalue weighted by molar-refractivity contribution is 0.0731. The minimum Gasteiger partial charge on any atom is -0.507 e. The van der Waals surface area contributed by atoms with Gasteiger partial charge in [-0.2, -0.15) is 0 Å². The smallest absolute Gasteiger partial charge is 0.347 e. The molecule has 28 heavy (non-hydrogen) atoms. The van der Waals surface area contributed by atoms with E-state index < -0.39 is 5.97 Å². The number of esters is 1. The van der Waals surface area contributed by atoms with Crippen LogP contribution >= 0.6 is 15.9 Å². The number of halogens is 1. The summed E-state index contributed by atoms with van der Waals surface area (Å²) in [4.78, 5) is 20.8. The van der Waals surface area contributed by atoms with Gasteiger partial charge in [0.25, 0.3) is 0 Å². The minimum atomic E-state index is -0.633. The number of para-hydroxylation sites is 1. The normalized spacial score (nSPS) is 10.6. The van der Waals surface area contributed by atoms with Gasteiger partial charge in [-0.3, -0.25) is 0 Å². The Hall–Kier alpha value is -3.45. The second kappa shape index (κ2) is 7.66. The zero-order chi connectivity index (χ0) is 19.5. The first-order chi connectivity index (χ1) is 13.6. The van der Waals surface area contributed by atoms with Gasteiger partial charge in [-0.15, -0.1) is 0 Å². The molecule has 0 aliphatic rings. The Bertz CT molecular complexity index is 1170. The molecule has 0 aliphatic carbocycles. The molecule has 1 aromatic heterocycles. The van der Waals surface area contributed by atoms with Gasteiger partial charge in [0.05, 0.1) is 5.52 Å². The number of ether oxygens (including phenoxy) is 1. The molecule has 0 saturated heterocycles. The number of aromatic hydroxyl groups is 1. The van der Waals surface area contributed by atoms with Crippen molar-refractivity contribution in [2.24, 2.45) is 0 Å². The lowest BCUT2D eigenvalue weighted by Crippen LogP contribution is -2.09. The van der Waals surface area contributed by atoms with E-state index in [1.165, 1.54) is 18.5 Å². The third-order valence-corrected chi connectivity index (χ3v) is 4.52. The maximum absolute atomic E-state index is 12.3. The zero-order valence-corrected chi connectivity index (χ0v) is 16.1. The van der Waals surface area contributed by atoms with Gasteiger partial charge in [0.15, 0.2) is 0 Å². The maximum atomic E-state index is 12.3. The molecule has 0 saturated carbocycles. The molecule has 0 bridgehead atoms. The van der Waals surface area contributed by atoms with E-state index in [4.69, 9.17) is 4.74 Å². The molecule has 2 N–H and O–H groups in total. The van der Waals surface area contributed by atoms with Crippen LogP contribution in [0.3, 0.4) is 0 Å². The Kier molecular flexibility index (Phi) is 4.90. The van der Waals surface area contributed by atoms with Crippen molar-refractivity contribution in [2.75, 3.05) is 5.32 Å². The van der Waals surface area contributed by atoms with Crippen LogP contribution < -0.4 is 10.1 Å². The van der Waals surface area contributed by atoms with Crippen LogP contribution in [-0.4, -0.2) is 21.0 Å². The summed E-state index contributed by atoms with van der Waals surface area (Å²) in [6.45, 7) is 0. The van der Waals surface area contributed by atoms with Crippen LogP contribution in [0.25, 0.3) is 10.9 Å². The molecule has 0 unspecified atom stereocenters. The first-order valence-corrected chi connectivity index (χ1v) is 9.17. The van der Waals surface area contributed by atoms with Crippen molar-refractivity contribution in [1.29, 1.82) is 0 Å². The summed E-state index contributed by atoms with van der Waals surface area (Å²) in [6.07, 6.45) is 1.46. The van der Waals surface area contributed by atoms with E-state index in [1.807, 2.05) is 24.3 Å². The van der Waals surface area contributed by atoms with Gasteiger partial charge in [-0.05, 0) is 42.5 Å². The van der Waals surface area contributed by atoms with Crippen LogP contribution in [0, 0.1) is 0 Å². The standard InChI is InChI=1S/C21H14BrN3O3/c22-13-6-9-18-17(10-13)20(24-12-23-18)25-14-7-8-16(19(26)11-14)21(27)28-15-4-2-1-3-5-15/h1-12,26H,(H,23,24,25). The Balaban J connectivity index is 1.59. The Morgan fingerprint density at radius 2 is 1.82 bits per heavy atom. The number of fused-ring (bicyclic) bond motifs is 1. The highest BCUT2D eigenvalue weighted by Gasteiger charge is 2.15. The number of nitrogens with one attached hydrogen (secondary N) is 1. The van der Waals surface area contributed by atoms with Crippen LogP contribution in [0.15, 0.2) is 77.5 Å². The summed E-state index contributed by atoms with van der Waals surface area (Å²) in [5.41, 5.74) is 1.44. The lowest BCUT2D eigenvalue weighted by Gasteiger charge is -2.11. The summed E-state index contributed by atoms with van der Waals surface area (Å²) < 4.78 is 6.17. The fourth-order valence-electron chi connectivity index (χ4n) is 2.70. The first kappa shape index (κ1) is 17.9. The number of hydrogen-bond acceptors (Lipinski definition) is 6. The van der Waals surface area contributed by atoms with Crippen molar-refractivity contribution in [1.82, 2.24) is 9.97 Å². The predicted molar refractivity (Wildman–Crippen MR) is 110 cm³/mol. The molecule has 138 valence electrons. The fourth-order valence-corrected chi connectivity index (χ4v) is 3.06. The van der Waals surface area contributed by atoms with E-state index >= 15 is 0 Å². The lowest BCUT2D eigenvalue weighted by atomic mass is 10.1. The quantitative estimate of drug-likeness (QED) is 0.344. The van der Waals surface area contributed by atoms with Crippen LogP contribution in [-0.2, 0) is 0 Å². The van der Waals surface area contributed by atoms with E-state index in [0.29, 0.717) is 17.3 Å². The van der Waals surface area contributed by atoms with Crippen LogP contribution in [0.4, 0.5) is 11.5 Å². The molecule has 0 amide bonds. The molecule has 0 spiro atoms. The summed E-state index contributed by atoms with van der Waals surface area (Å²) in [5, 5.41) is 14.3. The SMILES string of the molecule is O=C(Oc1ccccc1)c1ccc(Nc2ncnc3ccc(Br)cc23)cc1O. The molecular formula is C21H14BrN3O3. The number of carbonyl (C=O) groups is 1.